The van der Waals surface area contributed by atoms with Crippen molar-refractivity contribution in [1.29, 1.82) is 0 Å². The van der Waals surface area contributed by atoms with Crippen LogP contribution in [0.5, 0.6) is 0 Å². The summed E-state index contributed by atoms with van der Waals surface area (Å²) >= 11 is 0. The summed E-state index contributed by atoms with van der Waals surface area (Å²) < 4.78 is 2.06. The Hall–Kier alpha value is -2.28. The van der Waals surface area contributed by atoms with E-state index in [9.17, 15) is 4.79 Å². The molecular weight excluding hydrogens is 328 g/mol. The molecule has 7 nitrogen and oxygen atoms in total. The van der Waals surface area contributed by atoms with E-state index in [0.717, 1.165) is 51.3 Å². The van der Waals surface area contributed by atoms with Gasteiger partial charge in [0.25, 0.3) is 5.91 Å². The second-order valence-electron chi connectivity index (χ2n) is 7.93. The largest absolute Gasteiger partial charge is 0.347 e. The van der Waals surface area contributed by atoms with E-state index < -0.39 is 0 Å². The molecule has 0 aromatic carbocycles. The lowest BCUT2D eigenvalue weighted by atomic mass is 9.89. The minimum absolute atomic E-state index is 0.0582. The number of carbonyl (C=O) groups is 1. The molecule has 2 aliphatic heterocycles. The van der Waals surface area contributed by atoms with Gasteiger partial charge in [-0.2, -0.15) is 0 Å². The van der Waals surface area contributed by atoms with Crippen molar-refractivity contribution in [1.82, 2.24) is 30.0 Å². The molecule has 1 aliphatic carbocycles. The van der Waals surface area contributed by atoms with Gasteiger partial charge < -0.3 is 9.88 Å². The molecule has 0 bridgehead atoms. The van der Waals surface area contributed by atoms with Crippen LogP contribution in [0.25, 0.3) is 0 Å². The number of nitrogens with one attached hydrogen (secondary N) is 1. The van der Waals surface area contributed by atoms with Crippen LogP contribution in [0.15, 0.2) is 24.5 Å². The fourth-order valence-corrected chi connectivity index (χ4v) is 4.47. The summed E-state index contributed by atoms with van der Waals surface area (Å²) in [4.78, 5) is 19.2. The number of fused-ring (bicyclic) bond motifs is 2. The van der Waals surface area contributed by atoms with Gasteiger partial charge in [-0.25, -0.2) is 0 Å². The number of rotatable bonds is 4. The summed E-state index contributed by atoms with van der Waals surface area (Å²) in [6, 6.07) is 4.45. The zero-order chi connectivity index (χ0) is 17.5. The normalized spacial score (nSPS) is 25.4. The van der Waals surface area contributed by atoms with Crippen LogP contribution < -0.4 is 5.32 Å². The van der Waals surface area contributed by atoms with E-state index in [2.05, 4.69) is 36.0 Å². The number of nitrogens with zero attached hydrogens (tertiary/aromatic N) is 5. The smallest absolute Gasteiger partial charge is 0.289 e. The summed E-state index contributed by atoms with van der Waals surface area (Å²) in [5.74, 6) is 2.57. The Morgan fingerprint density at radius 3 is 2.85 bits per heavy atom. The molecule has 2 aromatic rings. The Kier molecular flexibility index (Phi) is 3.96. The van der Waals surface area contributed by atoms with Gasteiger partial charge in [-0.1, -0.05) is 6.07 Å². The summed E-state index contributed by atoms with van der Waals surface area (Å²) in [6.45, 7) is 3.93. The first kappa shape index (κ1) is 15.9. The number of carbonyl (C=O) groups excluding carboxylic acids is 1. The highest BCUT2D eigenvalue weighted by Crippen LogP contribution is 2.33. The third kappa shape index (κ3) is 2.90. The zero-order valence-electron chi connectivity index (χ0n) is 14.8. The highest BCUT2D eigenvalue weighted by atomic mass is 16.2. The van der Waals surface area contributed by atoms with Crippen LogP contribution in [0.3, 0.4) is 0 Å². The van der Waals surface area contributed by atoms with Crippen LogP contribution in [0.4, 0.5) is 0 Å². The van der Waals surface area contributed by atoms with Gasteiger partial charge in [0.1, 0.15) is 5.82 Å². The molecule has 4 heterocycles. The fourth-order valence-electron chi connectivity index (χ4n) is 4.47. The van der Waals surface area contributed by atoms with Crippen LogP contribution in [0.2, 0.25) is 0 Å². The SMILES string of the molecule is O=C(NC1CCC1)c1nnc2n1C[C@H]1CN(Cc3cccnc3)C[C@H]1C2. The maximum Gasteiger partial charge on any atom is 0.289 e. The predicted octanol–water partition coefficient (Wildman–Crippen LogP) is 1.26. The van der Waals surface area contributed by atoms with Crippen molar-refractivity contribution in [2.45, 2.75) is 44.8 Å². The number of amides is 1. The van der Waals surface area contributed by atoms with Gasteiger partial charge in [-0.15, -0.1) is 10.2 Å². The summed E-state index contributed by atoms with van der Waals surface area (Å²) in [6.07, 6.45) is 8.05. The van der Waals surface area contributed by atoms with Crippen molar-refractivity contribution in [2.75, 3.05) is 13.1 Å². The molecule has 0 spiro atoms. The standard InChI is InChI=1S/C19H24N6O/c26-19(21-16-4-1-5-16)18-23-22-17-7-14-10-24(11-15(14)12-25(17)18)9-13-3-2-6-20-8-13/h2-3,6,8,14-16H,1,4-5,7,9-12H2,(H,21,26)/t14-,15-/m1/s1. The molecule has 26 heavy (non-hydrogen) atoms. The lowest BCUT2D eigenvalue weighted by molar-refractivity contribution is 0.0898. The van der Waals surface area contributed by atoms with E-state index in [1.54, 1.807) is 0 Å². The van der Waals surface area contributed by atoms with Crippen LogP contribution in [0.1, 0.15) is 41.3 Å². The summed E-state index contributed by atoms with van der Waals surface area (Å²) in [7, 11) is 0. The molecule has 3 aliphatic rings. The van der Waals surface area contributed by atoms with Gasteiger partial charge in [0.2, 0.25) is 5.82 Å². The quantitative estimate of drug-likeness (QED) is 0.897. The van der Waals surface area contributed by atoms with Gasteiger partial charge in [0, 0.05) is 51.0 Å². The first-order valence-corrected chi connectivity index (χ1v) is 9.60. The van der Waals surface area contributed by atoms with E-state index in [0.29, 0.717) is 23.7 Å². The minimum atomic E-state index is -0.0582. The van der Waals surface area contributed by atoms with Gasteiger partial charge in [0.05, 0.1) is 0 Å². The van der Waals surface area contributed by atoms with Gasteiger partial charge in [-0.05, 0) is 42.7 Å². The highest BCUT2D eigenvalue weighted by molar-refractivity contribution is 5.91. The molecule has 1 saturated heterocycles. The molecule has 0 unspecified atom stereocenters. The van der Waals surface area contributed by atoms with Crippen molar-refractivity contribution < 1.29 is 4.79 Å². The van der Waals surface area contributed by atoms with Crippen molar-refractivity contribution in [3.8, 4) is 0 Å². The molecular formula is C19H24N6O. The predicted molar refractivity (Wildman–Crippen MR) is 95.3 cm³/mol. The van der Waals surface area contributed by atoms with Crippen LogP contribution in [-0.2, 0) is 19.5 Å². The Balaban J connectivity index is 1.27. The zero-order valence-corrected chi connectivity index (χ0v) is 14.8. The van der Waals surface area contributed by atoms with E-state index in [1.165, 1.54) is 12.0 Å². The number of aromatic nitrogens is 4. The molecule has 2 aromatic heterocycles. The Labute approximate surface area is 152 Å². The maximum atomic E-state index is 12.5. The number of pyridine rings is 1. The second-order valence-corrected chi connectivity index (χ2v) is 7.93. The molecule has 2 atom stereocenters. The number of hydrogen-bond donors (Lipinski definition) is 1. The molecule has 1 amide bonds. The average molecular weight is 352 g/mol. The molecule has 2 fully saturated rings. The van der Waals surface area contributed by atoms with E-state index in [4.69, 9.17) is 0 Å². The van der Waals surface area contributed by atoms with Crippen LogP contribution >= 0.6 is 0 Å². The number of hydrogen-bond acceptors (Lipinski definition) is 5. The van der Waals surface area contributed by atoms with E-state index in [1.807, 2.05) is 18.5 Å². The van der Waals surface area contributed by atoms with E-state index >= 15 is 0 Å². The molecule has 0 radical (unpaired) electrons. The molecule has 7 heteroatoms. The molecule has 5 rings (SSSR count). The first-order chi connectivity index (χ1) is 12.8. The van der Waals surface area contributed by atoms with Crippen LogP contribution in [0, 0.1) is 11.8 Å². The molecule has 1 N–H and O–H groups in total. The monoisotopic (exact) mass is 352 g/mol. The van der Waals surface area contributed by atoms with Crippen molar-refractivity contribution in [2.24, 2.45) is 11.8 Å². The third-order valence-electron chi connectivity index (χ3n) is 6.11. The van der Waals surface area contributed by atoms with Crippen molar-refractivity contribution >= 4 is 5.91 Å². The lowest BCUT2D eigenvalue weighted by Gasteiger charge is -2.28. The Morgan fingerprint density at radius 1 is 1.19 bits per heavy atom. The third-order valence-corrected chi connectivity index (χ3v) is 6.11. The maximum absolute atomic E-state index is 12.5. The molecule has 1 saturated carbocycles. The summed E-state index contributed by atoms with van der Waals surface area (Å²) in [5, 5.41) is 11.6. The molecule has 136 valence electrons. The van der Waals surface area contributed by atoms with Crippen molar-refractivity contribution in [3.63, 3.8) is 0 Å². The van der Waals surface area contributed by atoms with Gasteiger partial charge in [-0.3, -0.25) is 14.7 Å². The average Bonchev–Trinajstić information content (AvgIpc) is 3.19. The van der Waals surface area contributed by atoms with Crippen LogP contribution in [-0.4, -0.2) is 49.7 Å². The Morgan fingerprint density at radius 2 is 2.08 bits per heavy atom. The first-order valence-electron chi connectivity index (χ1n) is 9.60. The second kappa shape index (κ2) is 6.46. The highest BCUT2D eigenvalue weighted by Gasteiger charge is 2.39. The van der Waals surface area contributed by atoms with Gasteiger partial charge in [0.15, 0.2) is 0 Å². The Bertz CT molecular complexity index is 800. The number of likely N-dealkylation sites (tertiary alicyclic amines) is 1. The minimum Gasteiger partial charge on any atom is -0.347 e. The van der Waals surface area contributed by atoms with Gasteiger partial charge >= 0.3 is 0 Å². The fraction of sp³-hybridized carbons (Fsp3) is 0.579. The van der Waals surface area contributed by atoms with E-state index in [-0.39, 0.29) is 5.91 Å². The lowest BCUT2D eigenvalue weighted by Crippen LogP contribution is -2.41. The van der Waals surface area contributed by atoms with Crippen molar-refractivity contribution in [3.05, 3.63) is 41.7 Å². The summed E-state index contributed by atoms with van der Waals surface area (Å²) in [5.41, 5.74) is 1.26. The topological polar surface area (TPSA) is 75.9 Å².